The van der Waals surface area contributed by atoms with Gasteiger partial charge in [0.15, 0.2) is 0 Å². The third-order valence-corrected chi connectivity index (χ3v) is 4.89. The number of nitrogens with one attached hydrogen (secondary N) is 1. The molecule has 0 aliphatic heterocycles. The number of rotatable bonds is 5. The van der Waals surface area contributed by atoms with E-state index in [4.69, 9.17) is 9.15 Å². The van der Waals surface area contributed by atoms with Gasteiger partial charge in [-0.15, -0.1) is 10.2 Å². The van der Waals surface area contributed by atoms with Crippen molar-refractivity contribution in [3.63, 3.8) is 0 Å². The summed E-state index contributed by atoms with van der Waals surface area (Å²) in [4.78, 5) is 19.6. The molecule has 0 spiro atoms. The van der Waals surface area contributed by atoms with E-state index in [9.17, 15) is 4.79 Å². The first-order valence-corrected chi connectivity index (χ1v) is 9.22. The van der Waals surface area contributed by atoms with Crippen LogP contribution in [0.4, 0.5) is 0 Å². The largest absolute Gasteiger partial charge is 0.497 e. The van der Waals surface area contributed by atoms with Crippen LogP contribution in [0.1, 0.15) is 11.4 Å². The van der Waals surface area contributed by atoms with Crippen LogP contribution in [0.25, 0.3) is 22.4 Å². The van der Waals surface area contributed by atoms with Crippen LogP contribution >= 0.6 is 11.8 Å². The van der Waals surface area contributed by atoms with Gasteiger partial charge in [0.2, 0.25) is 5.89 Å². The first-order valence-electron chi connectivity index (χ1n) is 8.23. The fourth-order valence-corrected chi connectivity index (χ4v) is 3.30. The Morgan fingerprint density at radius 2 is 1.96 bits per heavy atom. The van der Waals surface area contributed by atoms with Gasteiger partial charge in [-0.2, -0.15) is 0 Å². The third-order valence-electron chi connectivity index (χ3n) is 4.06. The molecule has 0 atom stereocenters. The summed E-state index contributed by atoms with van der Waals surface area (Å²) < 4.78 is 10.8. The minimum atomic E-state index is -0.149. The third kappa shape index (κ3) is 3.56. The fraction of sp³-hybridized carbons (Fsp3) is 0.158. The molecule has 0 radical (unpaired) electrons. The number of H-pyrrole nitrogens is 1. The van der Waals surface area contributed by atoms with Crippen molar-refractivity contribution in [3.8, 4) is 17.2 Å². The van der Waals surface area contributed by atoms with Crippen molar-refractivity contribution in [1.82, 2.24) is 20.2 Å². The molecular weight excluding hydrogens is 364 g/mol. The van der Waals surface area contributed by atoms with Gasteiger partial charge in [-0.05, 0) is 42.8 Å². The van der Waals surface area contributed by atoms with Crippen molar-refractivity contribution in [2.24, 2.45) is 0 Å². The van der Waals surface area contributed by atoms with Crippen LogP contribution in [0.3, 0.4) is 0 Å². The molecule has 2 aromatic heterocycles. The number of aromatic nitrogens is 4. The maximum Gasteiger partial charge on any atom is 0.277 e. The maximum atomic E-state index is 12.2. The van der Waals surface area contributed by atoms with Crippen molar-refractivity contribution in [1.29, 1.82) is 0 Å². The first kappa shape index (κ1) is 17.3. The molecule has 0 unspecified atom stereocenters. The molecule has 7 nitrogen and oxygen atoms in total. The van der Waals surface area contributed by atoms with Gasteiger partial charge in [0.1, 0.15) is 11.6 Å². The summed E-state index contributed by atoms with van der Waals surface area (Å²) in [5, 5.41) is 9.11. The molecule has 0 fully saturated rings. The van der Waals surface area contributed by atoms with Crippen molar-refractivity contribution in [3.05, 3.63) is 64.2 Å². The Balaban J connectivity index is 1.52. The van der Waals surface area contributed by atoms with Gasteiger partial charge < -0.3 is 14.1 Å². The van der Waals surface area contributed by atoms with Gasteiger partial charge in [-0.25, -0.2) is 4.98 Å². The molecule has 0 amide bonds. The van der Waals surface area contributed by atoms with Crippen LogP contribution in [0.15, 0.2) is 56.9 Å². The fourth-order valence-electron chi connectivity index (χ4n) is 2.67. The van der Waals surface area contributed by atoms with E-state index in [0.29, 0.717) is 33.6 Å². The zero-order valence-electron chi connectivity index (χ0n) is 14.7. The van der Waals surface area contributed by atoms with E-state index in [1.807, 2.05) is 43.3 Å². The molecule has 4 aromatic rings. The molecule has 1 N–H and O–H groups in total. The Bertz CT molecular complexity index is 1150. The number of benzene rings is 2. The van der Waals surface area contributed by atoms with Crippen LogP contribution in [0, 0.1) is 6.92 Å². The standard InChI is InChI=1S/C19H16N4O3S/c1-11-4-3-5-14-16(11)20-15(21-17(14)24)10-27-19-23-22-18(26-19)12-6-8-13(25-2)9-7-12/h3-9H,10H2,1-2H3,(H,20,21,24). The van der Waals surface area contributed by atoms with Crippen LogP contribution in [-0.4, -0.2) is 27.3 Å². The van der Waals surface area contributed by atoms with E-state index in [0.717, 1.165) is 16.9 Å². The lowest BCUT2D eigenvalue weighted by Crippen LogP contribution is -2.11. The Morgan fingerprint density at radius 3 is 2.74 bits per heavy atom. The summed E-state index contributed by atoms with van der Waals surface area (Å²) in [6, 6.07) is 12.9. The summed E-state index contributed by atoms with van der Waals surface area (Å²) >= 11 is 1.32. The molecule has 0 saturated heterocycles. The second kappa shape index (κ2) is 7.24. The molecule has 27 heavy (non-hydrogen) atoms. The maximum absolute atomic E-state index is 12.2. The average Bonchev–Trinajstić information content (AvgIpc) is 3.16. The number of hydrogen-bond acceptors (Lipinski definition) is 7. The summed E-state index contributed by atoms with van der Waals surface area (Å²) in [6.45, 7) is 1.94. The van der Waals surface area contributed by atoms with Crippen LogP contribution < -0.4 is 10.3 Å². The Morgan fingerprint density at radius 1 is 1.15 bits per heavy atom. The first-order chi connectivity index (χ1) is 13.1. The number of para-hydroxylation sites is 1. The second-order valence-corrected chi connectivity index (χ2v) is 6.80. The lowest BCUT2D eigenvalue weighted by molar-refractivity contribution is 0.414. The molecule has 2 heterocycles. The van der Waals surface area contributed by atoms with Crippen molar-refractivity contribution in [2.45, 2.75) is 17.9 Å². The highest BCUT2D eigenvalue weighted by molar-refractivity contribution is 7.98. The number of ether oxygens (including phenoxy) is 1. The van der Waals surface area contributed by atoms with Gasteiger partial charge in [-0.1, -0.05) is 23.9 Å². The van der Waals surface area contributed by atoms with Crippen LogP contribution in [-0.2, 0) is 5.75 Å². The van der Waals surface area contributed by atoms with Crippen molar-refractivity contribution >= 4 is 22.7 Å². The number of aryl methyl sites for hydroxylation is 1. The lowest BCUT2D eigenvalue weighted by Gasteiger charge is -2.03. The molecule has 8 heteroatoms. The number of hydrogen-bond donors (Lipinski definition) is 1. The number of methoxy groups -OCH3 is 1. The minimum Gasteiger partial charge on any atom is -0.497 e. The molecule has 0 aliphatic rings. The Labute approximate surface area is 158 Å². The molecule has 136 valence electrons. The quantitative estimate of drug-likeness (QED) is 0.529. The molecular formula is C19H16N4O3S. The molecule has 0 saturated carbocycles. The van der Waals surface area contributed by atoms with E-state index in [-0.39, 0.29) is 5.56 Å². The van der Waals surface area contributed by atoms with E-state index >= 15 is 0 Å². The monoisotopic (exact) mass is 380 g/mol. The summed E-state index contributed by atoms with van der Waals surface area (Å²) in [7, 11) is 1.61. The smallest absolute Gasteiger partial charge is 0.277 e. The minimum absolute atomic E-state index is 0.149. The SMILES string of the molecule is COc1ccc(-c2nnc(SCc3nc4c(C)cccc4c(=O)[nH]3)o2)cc1. The summed E-state index contributed by atoms with van der Waals surface area (Å²) in [6.07, 6.45) is 0. The summed E-state index contributed by atoms with van der Waals surface area (Å²) in [5.41, 5.74) is 2.33. The van der Waals surface area contributed by atoms with E-state index in [1.54, 1.807) is 13.2 Å². The number of nitrogens with zero attached hydrogens (tertiary/aromatic N) is 3. The van der Waals surface area contributed by atoms with Crippen molar-refractivity contribution in [2.75, 3.05) is 7.11 Å². The van der Waals surface area contributed by atoms with Crippen LogP contribution in [0.2, 0.25) is 0 Å². The predicted molar refractivity (Wildman–Crippen MR) is 103 cm³/mol. The zero-order valence-corrected chi connectivity index (χ0v) is 15.5. The Kier molecular flexibility index (Phi) is 4.64. The normalized spacial score (nSPS) is 11.0. The topological polar surface area (TPSA) is 93.9 Å². The van der Waals surface area contributed by atoms with Crippen molar-refractivity contribution < 1.29 is 9.15 Å². The highest BCUT2D eigenvalue weighted by Gasteiger charge is 2.11. The van der Waals surface area contributed by atoms with E-state index in [2.05, 4.69) is 20.2 Å². The van der Waals surface area contributed by atoms with Crippen LogP contribution in [0.5, 0.6) is 5.75 Å². The lowest BCUT2D eigenvalue weighted by atomic mass is 10.1. The molecule has 2 aromatic carbocycles. The highest BCUT2D eigenvalue weighted by Crippen LogP contribution is 2.26. The van der Waals surface area contributed by atoms with Gasteiger partial charge in [0, 0.05) is 5.56 Å². The second-order valence-electron chi connectivity index (χ2n) is 5.87. The predicted octanol–water partition coefficient (Wildman–Crippen LogP) is 3.58. The molecule has 4 rings (SSSR count). The number of fused-ring (bicyclic) bond motifs is 1. The summed E-state index contributed by atoms with van der Waals surface area (Å²) in [5.74, 6) is 2.17. The van der Waals surface area contributed by atoms with Gasteiger partial charge in [0.05, 0.1) is 23.8 Å². The van der Waals surface area contributed by atoms with E-state index < -0.39 is 0 Å². The van der Waals surface area contributed by atoms with Gasteiger partial charge in [0.25, 0.3) is 10.8 Å². The molecule has 0 aliphatic carbocycles. The average molecular weight is 380 g/mol. The number of thioether (sulfide) groups is 1. The molecule has 0 bridgehead atoms. The van der Waals surface area contributed by atoms with Gasteiger partial charge >= 0.3 is 0 Å². The van der Waals surface area contributed by atoms with Gasteiger partial charge in [-0.3, -0.25) is 4.79 Å². The Hall–Kier alpha value is -3.13. The zero-order chi connectivity index (χ0) is 18.8. The number of aromatic amines is 1. The highest BCUT2D eigenvalue weighted by atomic mass is 32.2. The van der Waals surface area contributed by atoms with E-state index in [1.165, 1.54) is 11.8 Å².